The maximum atomic E-state index is 13.2. The van der Waals surface area contributed by atoms with E-state index in [1.165, 1.54) is 7.11 Å². The zero-order chi connectivity index (χ0) is 14.7. The van der Waals surface area contributed by atoms with Gasteiger partial charge in [-0.25, -0.2) is 8.78 Å². The highest BCUT2D eigenvalue weighted by Crippen LogP contribution is 2.29. The summed E-state index contributed by atoms with van der Waals surface area (Å²) in [4.78, 5) is 0. The lowest BCUT2D eigenvalue weighted by Gasteiger charge is -2.13. The van der Waals surface area contributed by atoms with E-state index in [-0.39, 0.29) is 12.4 Å². The Balaban J connectivity index is 2.23. The molecule has 0 saturated heterocycles. The zero-order valence-electron chi connectivity index (χ0n) is 11.0. The van der Waals surface area contributed by atoms with Crippen LogP contribution in [0.25, 0.3) is 0 Å². The highest BCUT2D eigenvalue weighted by molar-refractivity contribution is 6.31. The molecule has 0 aliphatic heterocycles. The fourth-order valence-electron chi connectivity index (χ4n) is 1.80. The molecule has 0 aromatic heterocycles. The molecule has 0 bridgehead atoms. The minimum Gasteiger partial charge on any atom is -0.496 e. The second-order valence-electron chi connectivity index (χ2n) is 4.24. The number of hydrogen-bond acceptors (Lipinski definition) is 2. The number of benzene rings is 2. The number of methoxy groups -OCH3 is 1. The first-order chi connectivity index (χ1) is 9.52. The van der Waals surface area contributed by atoms with E-state index >= 15 is 0 Å². The van der Waals surface area contributed by atoms with Gasteiger partial charge in [-0.05, 0) is 30.7 Å². The molecule has 0 aliphatic carbocycles. The van der Waals surface area contributed by atoms with Crippen molar-refractivity contribution in [2.45, 2.75) is 13.5 Å². The lowest BCUT2D eigenvalue weighted by molar-refractivity contribution is 0.292. The van der Waals surface area contributed by atoms with Gasteiger partial charge in [0.05, 0.1) is 12.1 Å². The summed E-state index contributed by atoms with van der Waals surface area (Å²) in [6.07, 6.45) is 0. The second kappa shape index (κ2) is 6.09. The van der Waals surface area contributed by atoms with Gasteiger partial charge >= 0.3 is 0 Å². The predicted octanol–water partition coefficient (Wildman–Crippen LogP) is 4.51. The Hall–Kier alpha value is -1.81. The van der Waals surface area contributed by atoms with Crippen molar-refractivity contribution in [1.29, 1.82) is 0 Å². The molecule has 0 amide bonds. The van der Waals surface area contributed by atoms with E-state index < -0.39 is 11.6 Å². The molecule has 0 unspecified atom stereocenters. The van der Waals surface area contributed by atoms with Gasteiger partial charge in [-0.2, -0.15) is 0 Å². The van der Waals surface area contributed by atoms with Gasteiger partial charge in [-0.1, -0.05) is 17.7 Å². The SMILES string of the molecule is COc1cccc(Cl)c1COc1cc(F)c(F)cc1C. The van der Waals surface area contributed by atoms with Crippen LogP contribution < -0.4 is 9.47 Å². The van der Waals surface area contributed by atoms with Crippen LogP contribution in [0.4, 0.5) is 8.78 Å². The summed E-state index contributed by atoms with van der Waals surface area (Å²) in [5.41, 5.74) is 1.16. The Bertz CT molecular complexity index is 630. The van der Waals surface area contributed by atoms with E-state index in [1.54, 1.807) is 25.1 Å². The number of rotatable bonds is 4. The molecule has 0 heterocycles. The number of halogens is 3. The average Bonchev–Trinajstić information content (AvgIpc) is 2.42. The van der Waals surface area contributed by atoms with Crippen LogP contribution in [0.1, 0.15) is 11.1 Å². The highest BCUT2D eigenvalue weighted by Gasteiger charge is 2.11. The molecule has 2 rings (SSSR count). The Morgan fingerprint density at radius 3 is 2.50 bits per heavy atom. The molecule has 2 aromatic carbocycles. The van der Waals surface area contributed by atoms with Crippen molar-refractivity contribution in [3.63, 3.8) is 0 Å². The third kappa shape index (κ3) is 3.02. The van der Waals surface area contributed by atoms with Crippen LogP contribution in [0.15, 0.2) is 30.3 Å². The molecule has 0 radical (unpaired) electrons. The Labute approximate surface area is 120 Å². The van der Waals surface area contributed by atoms with E-state index in [0.29, 0.717) is 21.9 Å². The average molecular weight is 299 g/mol. The fraction of sp³-hybridized carbons (Fsp3) is 0.200. The van der Waals surface area contributed by atoms with Crippen LogP contribution >= 0.6 is 11.6 Å². The van der Waals surface area contributed by atoms with Gasteiger partial charge in [0.1, 0.15) is 18.1 Å². The fourth-order valence-corrected chi connectivity index (χ4v) is 2.02. The van der Waals surface area contributed by atoms with Crippen molar-refractivity contribution in [1.82, 2.24) is 0 Å². The van der Waals surface area contributed by atoms with Gasteiger partial charge in [0.25, 0.3) is 0 Å². The summed E-state index contributed by atoms with van der Waals surface area (Å²) in [6, 6.07) is 7.33. The van der Waals surface area contributed by atoms with Crippen molar-refractivity contribution >= 4 is 11.6 Å². The van der Waals surface area contributed by atoms with E-state index in [1.807, 2.05) is 0 Å². The van der Waals surface area contributed by atoms with Gasteiger partial charge in [-0.15, -0.1) is 0 Å². The predicted molar refractivity (Wildman–Crippen MR) is 73.4 cm³/mol. The first-order valence-corrected chi connectivity index (χ1v) is 6.30. The van der Waals surface area contributed by atoms with E-state index in [4.69, 9.17) is 21.1 Å². The van der Waals surface area contributed by atoms with Crippen molar-refractivity contribution in [3.8, 4) is 11.5 Å². The quantitative estimate of drug-likeness (QED) is 0.826. The van der Waals surface area contributed by atoms with Gasteiger partial charge in [0, 0.05) is 11.6 Å². The summed E-state index contributed by atoms with van der Waals surface area (Å²) >= 11 is 6.08. The molecule has 2 nitrogen and oxygen atoms in total. The third-order valence-electron chi connectivity index (χ3n) is 2.89. The van der Waals surface area contributed by atoms with Crippen LogP contribution in [-0.4, -0.2) is 7.11 Å². The Kier molecular flexibility index (Phi) is 4.45. The van der Waals surface area contributed by atoms with Crippen molar-refractivity contribution < 1.29 is 18.3 Å². The summed E-state index contributed by atoms with van der Waals surface area (Å²) in [7, 11) is 1.53. The number of hydrogen-bond donors (Lipinski definition) is 0. The molecule has 5 heteroatoms. The first-order valence-electron chi connectivity index (χ1n) is 5.92. The molecule has 0 N–H and O–H groups in total. The first kappa shape index (κ1) is 14.6. The molecule has 0 spiro atoms. The van der Waals surface area contributed by atoms with E-state index in [9.17, 15) is 8.78 Å². The van der Waals surface area contributed by atoms with Crippen LogP contribution in [0.5, 0.6) is 11.5 Å². The molecular weight excluding hydrogens is 286 g/mol. The van der Waals surface area contributed by atoms with Crippen molar-refractivity contribution in [2.75, 3.05) is 7.11 Å². The summed E-state index contributed by atoms with van der Waals surface area (Å²) < 4.78 is 36.9. The lowest BCUT2D eigenvalue weighted by Crippen LogP contribution is -2.01. The van der Waals surface area contributed by atoms with E-state index in [0.717, 1.165) is 12.1 Å². The van der Waals surface area contributed by atoms with Crippen LogP contribution in [0.2, 0.25) is 5.02 Å². The standard InChI is InChI=1S/C15H13ClF2O2/c1-9-6-12(17)13(18)7-15(9)20-8-10-11(16)4-3-5-14(10)19-2/h3-7H,8H2,1-2H3. The van der Waals surface area contributed by atoms with Gasteiger partial charge in [0.2, 0.25) is 0 Å². The monoisotopic (exact) mass is 298 g/mol. The number of aryl methyl sites for hydroxylation is 1. The summed E-state index contributed by atoms with van der Waals surface area (Å²) in [6.45, 7) is 1.75. The molecule has 0 aliphatic rings. The largest absolute Gasteiger partial charge is 0.496 e. The normalized spacial score (nSPS) is 10.4. The Morgan fingerprint density at radius 2 is 1.80 bits per heavy atom. The van der Waals surface area contributed by atoms with Crippen molar-refractivity contribution in [2.24, 2.45) is 0 Å². The lowest BCUT2D eigenvalue weighted by atomic mass is 10.2. The highest BCUT2D eigenvalue weighted by atomic mass is 35.5. The van der Waals surface area contributed by atoms with Gasteiger partial charge < -0.3 is 9.47 Å². The summed E-state index contributed by atoms with van der Waals surface area (Å²) in [5.74, 6) is -0.995. The van der Waals surface area contributed by atoms with Gasteiger partial charge in [-0.3, -0.25) is 0 Å². The molecule has 0 atom stereocenters. The van der Waals surface area contributed by atoms with E-state index in [2.05, 4.69) is 0 Å². The smallest absolute Gasteiger partial charge is 0.162 e. The third-order valence-corrected chi connectivity index (χ3v) is 3.24. The molecule has 0 saturated carbocycles. The van der Waals surface area contributed by atoms with Crippen molar-refractivity contribution in [3.05, 3.63) is 58.1 Å². The van der Waals surface area contributed by atoms with Crippen LogP contribution in [0, 0.1) is 18.6 Å². The molecule has 0 fully saturated rings. The summed E-state index contributed by atoms with van der Waals surface area (Å²) in [5, 5.41) is 0.490. The molecule has 2 aromatic rings. The number of ether oxygens (including phenoxy) is 2. The van der Waals surface area contributed by atoms with Gasteiger partial charge in [0.15, 0.2) is 11.6 Å². The second-order valence-corrected chi connectivity index (χ2v) is 4.65. The zero-order valence-corrected chi connectivity index (χ0v) is 11.8. The maximum Gasteiger partial charge on any atom is 0.162 e. The molecule has 106 valence electrons. The maximum absolute atomic E-state index is 13.2. The minimum atomic E-state index is -0.947. The minimum absolute atomic E-state index is 0.106. The van der Waals surface area contributed by atoms with Crippen LogP contribution in [0.3, 0.4) is 0 Å². The molecule has 20 heavy (non-hydrogen) atoms. The molecular formula is C15H13ClF2O2. The van der Waals surface area contributed by atoms with Crippen LogP contribution in [-0.2, 0) is 6.61 Å². The topological polar surface area (TPSA) is 18.5 Å². The Morgan fingerprint density at radius 1 is 1.10 bits per heavy atom.